The van der Waals surface area contributed by atoms with E-state index in [2.05, 4.69) is 31.0 Å². The Morgan fingerprint density at radius 1 is 1.00 bits per heavy atom. The fourth-order valence-electron chi connectivity index (χ4n) is 5.92. The van der Waals surface area contributed by atoms with Gasteiger partial charge in [-0.05, 0) is 49.1 Å². The van der Waals surface area contributed by atoms with Gasteiger partial charge in [-0.3, -0.25) is 9.59 Å². The van der Waals surface area contributed by atoms with Crippen molar-refractivity contribution in [1.29, 1.82) is 0 Å². The van der Waals surface area contributed by atoms with Crippen molar-refractivity contribution < 1.29 is 40.3 Å². The number of fused-ring (bicyclic) bond motifs is 1. The molecule has 0 aliphatic heterocycles. The highest BCUT2D eigenvalue weighted by Crippen LogP contribution is 2.49. The van der Waals surface area contributed by atoms with Crippen LogP contribution < -0.4 is 10.6 Å². The average Bonchev–Trinajstić information content (AvgIpc) is 3.78. The van der Waals surface area contributed by atoms with E-state index in [4.69, 9.17) is 0 Å². The van der Waals surface area contributed by atoms with Gasteiger partial charge in [-0.15, -0.1) is 5.10 Å². The molecule has 2 unspecified atom stereocenters. The summed E-state index contributed by atoms with van der Waals surface area (Å²) in [5, 5.41) is 17.4. The van der Waals surface area contributed by atoms with Crippen molar-refractivity contribution in [2.45, 2.75) is 94.4 Å². The van der Waals surface area contributed by atoms with Crippen molar-refractivity contribution in [3.63, 3.8) is 0 Å². The second-order valence-corrected chi connectivity index (χ2v) is 12.4. The standard InChI is InChI=1S/C28H31F7N8O2/c29-26(30)6-3-16(4-7-26)24(40-25(45)20-12-36-41-42(20)13-18-10-27(18,31)32)19-14-43-21(38-19)9-17(11-37-43)23(15-1-2-15)39-22(44)5-8-28(33,34)35/h9,11-12,14-16,18,23-24H,1-8,10,13H2,(H,39,44)(H,40,45)/t18?,23?,24-/m0/s1. The van der Waals surface area contributed by atoms with Gasteiger partial charge in [-0.25, -0.2) is 31.7 Å². The van der Waals surface area contributed by atoms with E-state index in [-0.39, 0.29) is 50.3 Å². The molecule has 17 heteroatoms. The lowest BCUT2D eigenvalue weighted by molar-refractivity contribution is -0.144. The number of nitrogens with one attached hydrogen (secondary N) is 2. The number of alkyl halides is 7. The summed E-state index contributed by atoms with van der Waals surface area (Å²) in [7, 11) is 0. The number of carbonyl (C=O) groups excluding carboxylic acids is 2. The first-order valence-corrected chi connectivity index (χ1v) is 14.8. The first-order chi connectivity index (χ1) is 21.2. The molecule has 0 bridgehead atoms. The van der Waals surface area contributed by atoms with Gasteiger partial charge in [0.15, 0.2) is 5.65 Å². The molecule has 3 aliphatic carbocycles. The molecule has 3 saturated carbocycles. The quantitative estimate of drug-likeness (QED) is 0.278. The zero-order chi connectivity index (χ0) is 32.1. The molecule has 3 atom stereocenters. The second kappa shape index (κ2) is 11.5. The molecule has 244 valence electrons. The summed E-state index contributed by atoms with van der Waals surface area (Å²) < 4.78 is 95.5. The number of halogens is 7. The van der Waals surface area contributed by atoms with E-state index in [0.29, 0.717) is 16.9 Å². The van der Waals surface area contributed by atoms with Gasteiger partial charge in [-0.2, -0.15) is 18.3 Å². The predicted octanol–water partition coefficient (Wildman–Crippen LogP) is 5.18. The Hall–Kier alpha value is -3.79. The fraction of sp³-hybridized carbons (Fsp3) is 0.643. The third-order valence-electron chi connectivity index (χ3n) is 8.80. The summed E-state index contributed by atoms with van der Waals surface area (Å²) in [5.41, 5.74) is 1.14. The van der Waals surface area contributed by atoms with E-state index < -0.39 is 66.6 Å². The van der Waals surface area contributed by atoms with Crippen LogP contribution in [0.25, 0.3) is 5.65 Å². The first-order valence-electron chi connectivity index (χ1n) is 14.8. The summed E-state index contributed by atoms with van der Waals surface area (Å²) >= 11 is 0. The molecule has 0 spiro atoms. The number of aromatic nitrogens is 6. The average molecular weight is 645 g/mol. The number of hydrogen-bond donors (Lipinski definition) is 2. The third-order valence-corrected chi connectivity index (χ3v) is 8.80. The van der Waals surface area contributed by atoms with Gasteiger partial charge in [0.2, 0.25) is 11.8 Å². The van der Waals surface area contributed by atoms with Crippen LogP contribution >= 0.6 is 0 Å². The van der Waals surface area contributed by atoms with Gasteiger partial charge in [0.25, 0.3) is 11.8 Å². The van der Waals surface area contributed by atoms with Crippen molar-refractivity contribution >= 4 is 17.5 Å². The van der Waals surface area contributed by atoms with Gasteiger partial charge in [0.1, 0.15) is 5.69 Å². The molecule has 3 aromatic rings. The maximum atomic E-state index is 14.0. The molecular formula is C28H31F7N8O2. The van der Waals surface area contributed by atoms with Crippen molar-refractivity contribution in [3.8, 4) is 0 Å². The Morgan fingerprint density at radius 2 is 1.69 bits per heavy atom. The molecule has 3 aromatic heterocycles. The summed E-state index contributed by atoms with van der Waals surface area (Å²) in [5.74, 6) is -8.43. The monoisotopic (exact) mass is 644 g/mol. The molecule has 6 rings (SSSR count). The normalized spacial score (nSPS) is 22.6. The minimum absolute atomic E-state index is 0.0310. The number of hydrogen-bond acceptors (Lipinski definition) is 6. The fourth-order valence-corrected chi connectivity index (χ4v) is 5.92. The van der Waals surface area contributed by atoms with E-state index in [1.807, 2.05) is 0 Å². The SMILES string of the molecule is O=C(CCC(F)(F)F)NC(c1cnn2cc([C@@H](NC(=O)c3cnnn3CC3CC3(F)F)C3CCC(F)(F)CC3)nc2c1)C1CC1. The largest absolute Gasteiger partial charge is 0.389 e. The smallest absolute Gasteiger partial charge is 0.349 e. The minimum Gasteiger partial charge on any atom is -0.349 e. The van der Waals surface area contributed by atoms with Gasteiger partial charge in [0.05, 0.1) is 49.3 Å². The molecule has 2 amide bonds. The van der Waals surface area contributed by atoms with Crippen LogP contribution in [0.3, 0.4) is 0 Å². The van der Waals surface area contributed by atoms with Crippen molar-refractivity contribution in [1.82, 2.24) is 40.2 Å². The Kier molecular flexibility index (Phi) is 8.00. The zero-order valence-electron chi connectivity index (χ0n) is 23.9. The zero-order valence-corrected chi connectivity index (χ0v) is 23.9. The molecule has 3 aliphatic rings. The summed E-state index contributed by atoms with van der Waals surface area (Å²) in [6, 6.07) is 0.239. The van der Waals surface area contributed by atoms with E-state index in [1.54, 1.807) is 12.3 Å². The van der Waals surface area contributed by atoms with Crippen LogP contribution in [0.4, 0.5) is 30.7 Å². The van der Waals surface area contributed by atoms with E-state index >= 15 is 0 Å². The minimum atomic E-state index is -4.46. The lowest BCUT2D eigenvalue weighted by Gasteiger charge is -2.33. The number of nitrogens with zero attached hydrogens (tertiary/aromatic N) is 6. The molecule has 0 radical (unpaired) electrons. The highest BCUT2D eigenvalue weighted by molar-refractivity contribution is 5.92. The van der Waals surface area contributed by atoms with Crippen LogP contribution in [-0.2, 0) is 11.3 Å². The van der Waals surface area contributed by atoms with Gasteiger partial charge in [-0.1, -0.05) is 5.21 Å². The van der Waals surface area contributed by atoms with E-state index in [0.717, 1.165) is 23.7 Å². The maximum Gasteiger partial charge on any atom is 0.389 e. The summed E-state index contributed by atoms with van der Waals surface area (Å²) in [6.07, 6.45) is -1.56. The topological polar surface area (TPSA) is 119 Å². The number of rotatable bonds is 11. The van der Waals surface area contributed by atoms with Crippen LogP contribution in [-0.4, -0.2) is 59.4 Å². The van der Waals surface area contributed by atoms with Crippen molar-refractivity contribution in [2.75, 3.05) is 0 Å². The Balaban J connectivity index is 1.24. The summed E-state index contributed by atoms with van der Waals surface area (Å²) in [6.45, 7) is -0.202. The Bertz CT molecular complexity index is 1560. The molecule has 45 heavy (non-hydrogen) atoms. The number of amides is 2. The molecule has 3 heterocycles. The highest BCUT2D eigenvalue weighted by Gasteiger charge is 2.57. The number of imidazole rings is 1. The second-order valence-electron chi connectivity index (χ2n) is 12.4. The maximum absolute atomic E-state index is 14.0. The van der Waals surface area contributed by atoms with Crippen molar-refractivity contribution in [2.24, 2.45) is 17.8 Å². The lowest BCUT2D eigenvalue weighted by atomic mass is 9.81. The van der Waals surface area contributed by atoms with Gasteiger partial charge >= 0.3 is 6.18 Å². The number of carbonyl (C=O) groups is 2. The van der Waals surface area contributed by atoms with Crippen LogP contribution in [0.5, 0.6) is 0 Å². The van der Waals surface area contributed by atoms with Crippen LogP contribution in [0.1, 0.15) is 91.6 Å². The Morgan fingerprint density at radius 3 is 2.33 bits per heavy atom. The first kappa shape index (κ1) is 31.2. The predicted molar refractivity (Wildman–Crippen MR) is 142 cm³/mol. The highest BCUT2D eigenvalue weighted by atomic mass is 19.4. The lowest BCUT2D eigenvalue weighted by Crippen LogP contribution is -2.38. The van der Waals surface area contributed by atoms with Crippen LogP contribution in [0, 0.1) is 17.8 Å². The summed E-state index contributed by atoms with van der Waals surface area (Å²) in [4.78, 5) is 30.3. The van der Waals surface area contributed by atoms with Crippen LogP contribution in [0.15, 0.2) is 24.7 Å². The molecule has 2 N–H and O–H groups in total. The van der Waals surface area contributed by atoms with E-state index in [1.165, 1.54) is 10.7 Å². The van der Waals surface area contributed by atoms with Gasteiger partial charge < -0.3 is 10.6 Å². The van der Waals surface area contributed by atoms with E-state index in [9.17, 15) is 40.3 Å². The van der Waals surface area contributed by atoms with Crippen LogP contribution in [0.2, 0.25) is 0 Å². The molecule has 0 saturated heterocycles. The molecule has 0 aromatic carbocycles. The molecular weight excluding hydrogens is 613 g/mol. The van der Waals surface area contributed by atoms with Crippen molar-refractivity contribution in [3.05, 3.63) is 41.6 Å². The third kappa shape index (κ3) is 7.38. The molecule has 10 nitrogen and oxygen atoms in total. The van der Waals surface area contributed by atoms with Gasteiger partial charge in [0, 0.05) is 31.6 Å². The molecule has 3 fully saturated rings. The Labute approximate surface area is 252 Å².